The lowest BCUT2D eigenvalue weighted by Crippen LogP contribution is -2.49. The van der Waals surface area contributed by atoms with Crippen molar-refractivity contribution in [2.24, 2.45) is 0 Å². The molecule has 1 fully saturated rings. The first-order valence-electron chi connectivity index (χ1n) is 12.0. The van der Waals surface area contributed by atoms with Gasteiger partial charge in [0, 0.05) is 24.7 Å². The summed E-state index contributed by atoms with van der Waals surface area (Å²) in [6.07, 6.45) is 0.942. The summed E-state index contributed by atoms with van der Waals surface area (Å²) >= 11 is 0. The van der Waals surface area contributed by atoms with Crippen LogP contribution in [-0.4, -0.2) is 41.9 Å². The molecule has 0 saturated carbocycles. The molecule has 2 aromatic carbocycles. The van der Waals surface area contributed by atoms with Crippen LogP contribution in [0.3, 0.4) is 0 Å². The second kappa shape index (κ2) is 10.4. The normalized spacial score (nSPS) is 15.9. The number of hydrogen-bond acceptors (Lipinski definition) is 3. The van der Waals surface area contributed by atoms with Gasteiger partial charge in [-0.05, 0) is 60.4 Å². The minimum absolute atomic E-state index is 0.00361. The maximum Gasteiger partial charge on any atom is 0.263 e. The number of carbonyl (C=O) groups is 2. The zero-order valence-corrected chi connectivity index (χ0v) is 20.9. The molecule has 1 N–H and O–H groups in total. The van der Waals surface area contributed by atoms with E-state index in [1.165, 1.54) is 5.56 Å². The van der Waals surface area contributed by atoms with Crippen molar-refractivity contribution in [3.8, 4) is 5.75 Å². The highest BCUT2D eigenvalue weighted by Crippen LogP contribution is 2.27. The molecule has 0 radical (unpaired) electrons. The number of nitrogens with zero attached hydrogens (tertiary/aromatic N) is 1. The van der Waals surface area contributed by atoms with Gasteiger partial charge in [0.2, 0.25) is 0 Å². The van der Waals surface area contributed by atoms with E-state index in [4.69, 9.17) is 4.74 Å². The summed E-state index contributed by atoms with van der Waals surface area (Å²) in [7, 11) is 0. The third-order valence-electron chi connectivity index (χ3n) is 6.35. The van der Waals surface area contributed by atoms with E-state index in [-0.39, 0.29) is 23.3 Å². The van der Waals surface area contributed by atoms with Crippen molar-refractivity contribution in [2.45, 2.75) is 77.9 Å². The Bertz CT molecular complexity index is 952. The Morgan fingerprint density at radius 1 is 0.970 bits per heavy atom. The number of hydrogen-bond donors (Lipinski definition) is 1. The molecule has 2 amide bonds. The molecule has 1 aliphatic heterocycles. The van der Waals surface area contributed by atoms with Crippen LogP contribution in [-0.2, 0) is 10.2 Å². The predicted octanol–water partition coefficient (Wildman–Crippen LogP) is 5.30. The lowest BCUT2D eigenvalue weighted by Gasteiger charge is -2.34. The molecule has 5 nitrogen and oxygen atoms in total. The Kier molecular flexibility index (Phi) is 7.83. The van der Waals surface area contributed by atoms with Gasteiger partial charge in [-0.3, -0.25) is 9.59 Å². The Labute approximate surface area is 198 Å². The van der Waals surface area contributed by atoms with Crippen LogP contribution in [0.25, 0.3) is 0 Å². The van der Waals surface area contributed by atoms with Crippen molar-refractivity contribution in [2.75, 3.05) is 13.1 Å². The molecule has 0 spiro atoms. The Morgan fingerprint density at radius 2 is 1.58 bits per heavy atom. The van der Waals surface area contributed by atoms with E-state index in [0.29, 0.717) is 24.6 Å². The van der Waals surface area contributed by atoms with Crippen LogP contribution in [0.15, 0.2) is 48.5 Å². The van der Waals surface area contributed by atoms with Crippen molar-refractivity contribution in [3.05, 3.63) is 65.2 Å². The monoisotopic (exact) mass is 450 g/mol. The molecule has 0 bridgehead atoms. The van der Waals surface area contributed by atoms with E-state index >= 15 is 0 Å². The molecular weight excluding hydrogens is 412 g/mol. The number of benzene rings is 2. The fourth-order valence-electron chi connectivity index (χ4n) is 4.20. The van der Waals surface area contributed by atoms with Gasteiger partial charge < -0.3 is 15.0 Å². The molecule has 1 unspecified atom stereocenters. The predicted molar refractivity (Wildman–Crippen MR) is 133 cm³/mol. The maximum atomic E-state index is 13.0. The largest absolute Gasteiger partial charge is 0.481 e. The van der Waals surface area contributed by atoms with Crippen LogP contribution in [0.2, 0.25) is 0 Å². The van der Waals surface area contributed by atoms with Gasteiger partial charge in [-0.25, -0.2) is 0 Å². The van der Waals surface area contributed by atoms with Gasteiger partial charge in [0.15, 0.2) is 6.10 Å². The number of carbonyl (C=O) groups excluding carboxylic acids is 2. The van der Waals surface area contributed by atoms with Crippen LogP contribution in [0.1, 0.15) is 81.8 Å². The first kappa shape index (κ1) is 24.8. The van der Waals surface area contributed by atoms with E-state index in [2.05, 4.69) is 39.9 Å². The molecule has 33 heavy (non-hydrogen) atoms. The van der Waals surface area contributed by atoms with Crippen LogP contribution in [0, 0.1) is 0 Å². The van der Waals surface area contributed by atoms with Crippen LogP contribution < -0.4 is 10.1 Å². The zero-order valence-electron chi connectivity index (χ0n) is 20.9. The lowest BCUT2D eigenvalue weighted by molar-refractivity contribution is -0.139. The molecule has 5 heteroatoms. The van der Waals surface area contributed by atoms with Crippen LogP contribution in [0.5, 0.6) is 5.75 Å². The molecule has 1 saturated heterocycles. The van der Waals surface area contributed by atoms with Crippen molar-refractivity contribution < 1.29 is 14.3 Å². The molecule has 0 aromatic heterocycles. The SMILES string of the molecule is CC(Oc1ccccc1C(C)C)C(=O)N1CCC(NC(=O)c2ccc(C(C)(C)C)cc2)CC1. The molecule has 2 aromatic rings. The van der Waals surface area contributed by atoms with E-state index in [0.717, 1.165) is 24.2 Å². The zero-order chi connectivity index (χ0) is 24.2. The summed E-state index contributed by atoms with van der Waals surface area (Å²) < 4.78 is 6.04. The molecule has 178 valence electrons. The van der Waals surface area contributed by atoms with Crippen molar-refractivity contribution in [1.82, 2.24) is 10.2 Å². The molecule has 1 heterocycles. The number of likely N-dealkylation sites (tertiary alicyclic amines) is 1. The minimum atomic E-state index is -0.544. The third-order valence-corrected chi connectivity index (χ3v) is 6.35. The molecule has 3 rings (SSSR count). The standard InChI is InChI=1S/C28H38N2O3/c1-19(2)24-9-7-8-10-25(24)33-20(3)27(32)30-17-15-23(16-18-30)29-26(31)21-11-13-22(14-12-21)28(4,5)6/h7-14,19-20,23H,15-18H2,1-6H3,(H,29,31). The number of nitrogens with one attached hydrogen (secondary N) is 1. The topological polar surface area (TPSA) is 58.6 Å². The number of rotatable bonds is 6. The van der Waals surface area contributed by atoms with Gasteiger partial charge >= 0.3 is 0 Å². The average Bonchev–Trinajstić information content (AvgIpc) is 2.78. The number of piperidine rings is 1. The van der Waals surface area contributed by atoms with Gasteiger partial charge in [0.05, 0.1) is 0 Å². The summed E-state index contributed by atoms with van der Waals surface area (Å²) in [5, 5.41) is 3.13. The highest BCUT2D eigenvalue weighted by Gasteiger charge is 2.28. The van der Waals surface area contributed by atoms with Gasteiger partial charge in [0.25, 0.3) is 11.8 Å². The third kappa shape index (κ3) is 6.37. The summed E-state index contributed by atoms with van der Waals surface area (Å²) in [5.41, 5.74) is 3.05. The van der Waals surface area contributed by atoms with E-state index in [9.17, 15) is 9.59 Å². The average molecular weight is 451 g/mol. The second-order valence-electron chi connectivity index (χ2n) is 10.4. The summed E-state index contributed by atoms with van der Waals surface area (Å²) in [6, 6.07) is 15.8. The van der Waals surface area contributed by atoms with Crippen molar-refractivity contribution >= 4 is 11.8 Å². The Morgan fingerprint density at radius 3 is 2.15 bits per heavy atom. The number of amides is 2. The summed E-state index contributed by atoms with van der Waals surface area (Å²) in [6.45, 7) is 13.8. The van der Waals surface area contributed by atoms with Gasteiger partial charge in [-0.1, -0.05) is 65.0 Å². The Balaban J connectivity index is 1.51. The molecule has 1 atom stereocenters. The smallest absolute Gasteiger partial charge is 0.263 e. The highest BCUT2D eigenvalue weighted by molar-refractivity contribution is 5.94. The van der Waals surface area contributed by atoms with Crippen LogP contribution in [0.4, 0.5) is 0 Å². The van der Waals surface area contributed by atoms with E-state index in [1.54, 1.807) is 0 Å². The maximum absolute atomic E-state index is 13.0. The first-order valence-corrected chi connectivity index (χ1v) is 12.0. The fourth-order valence-corrected chi connectivity index (χ4v) is 4.20. The summed E-state index contributed by atoms with van der Waals surface area (Å²) in [5.74, 6) is 1.04. The lowest BCUT2D eigenvalue weighted by atomic mass is 9.86. The molecule has 1 aliphatic rings. The quantitative estimate of drug-likeness (QED) is 0.650. The second-order valence-corrected chi connectivity index (χ2v) is 10.4. The molecule has 0 aliphatic carbocycles. The van der Waals surface area contributed by atoms with Gasteiger partial charge in [-0.15, -0.1) is 0 Å². The van der Waals surface area contributed by atoms with E-state index in [1.807, 2.05) is 60.4 Å². The number of ether oxygens (including phenoxy) is 1. The summed E-state index contributed by atoms with van der Waals surface area (Å²) in [4.78, 5) is 27.5. The fraction of sp³-hybridized carbons (Fsp3) is 0.500. The van der Waals surface area contributed by atoms with Crippen LogP contribution >= 0.6 is 0 Å². The van der Waals surface area contributed by atoms with Crippen molar-refractivity contribution in [3.63, 3.8) is 0 Å². The van der Waals surface area contributed by atoms with Gasteiger partial charge in [0.1, 0.15) is 5.75 Å². The van der Waals surface area contributed by atoms with E-state index < -0.39 is 6.10 Å². The Hall–Kier alpha value is -2.82. The van der Waals surface area contributed by atoms with Gasteiger partial charge in [-0.2, -0.15) is 0 Å². The van der Waals surface area contributed by atoms with Crippen molar-refractivity contribution in [1.29, 1.82) is 0 Å². The highest BCUT2D eigenvalue weighted by atomic mass is 16.5. The number of para-hydroxylation sites is 1. The minimum Gasteiger partial charge on any atom is -0.481 e. The first-order chi connectivity index (χ1) is 15.6. The molecular formula is C28H38N2O3.